The highest BCUT2D eigenvalue weighted by atomic mass is 14.3. The molecule has 0 N–H and O–H groups in total. The first-order valence-corrected chi connectivity index (χ1v) is 11.0. The molecule has 2 aromatic rings. The van der Waals surface area contributed by atoms with Crippen molar-refractivity contribution in [2.24, 2.45) is 0 Å². The first kappa shape index (κ1) is 18.6. The minimum atomic E-state index is 1.25. The number of fused-ring (bicyclic) bond motifs is 2. The maximum atomic E-state index is 2.34. The van der Waals surface area contributed by atoms with Crippen LogP contribution in [0.25, 0.3) is 55.6 Å². The van der Waals surface area contributed by atoms with Crippen molar-refractivity contribution in [3.63, 3.8) is 0 Å². The standard InChI is InChI=1S/C32H22/c1-5-13-23(14-6-1)29-21-25-17-9-3-11-19-27(25)31(29)32-28-20-12-4-10-18-26(28)22-30(32)24-15-7-2-8-16-24/h1-22H. The molecule has 0 unspecified atom stereocenters. The summed E-state index contributed by atoms with van der Waals surface area (Å²) >= 11 is 0. The van der Waals surface area contributed by atoms with Gasteiger partial charge in [0.1, 0.15) is 0 Å². The van der Waals surface area contributed by atoms with Crippen molar-refractivity contribution in [2.75, 3.05) is 0 Å². The molecule has 0 aromatic heterocycles. The summed E-state index contributed by atoms with van der Waals surface area (Å²) in [4.78, 5) is 0. The summed E-state index contributed by atoms with van der Waals surface area (Å²) < 4.78 is 0. The molecule has 0 spiro atoms. The summed E-state index contributed by atoms with van der Waals surface area (Å²) in [6.07, 6.45) is 0. The first-order chi connectivity index (χ1) is 15.9. The molecule has 4 aliphatic rings. The molecular formula is C32H22. The highest BCUT2D eigenvalue weighted by molar-refractivity contribution is 6.09. The molecule has 0 heterocycles. The lowest BCUT2D eigenvalue weighted by Gasteiger charge is -2.12. The van der Waals surface area contributed by atoms with Crippen LogP contribution in [0, 0.1) is 0 Å². The molecule has 6 rings (SSSR count). The van der Waals surface area contributed by atoms with Gasteiger partial charge < -0.3 is 0 Å². The zero-order chi connectivity index (χ0) is 21.3. The Balaban J connectivity index is 1.76. The van der Waals surface area contributed by atoms with Crippen molar-refractivity contribution in [3.05, 3.63) is 133 Å². The molecule has 0 nitrogen and oxygen atoms in total. The molecule has 150 valence electrons. The molecule has 0 radical (unpaired) electrons. The average molecular weight is 407 g/mol. The zero-order valence-electron chi connectivity index (χ0n) is 17.7. The summed E-state index contributed by atoms with van der Waals surface area (Å²) in [6.45, 7) is 0. The van der Waals surface area contributed by atoms with Gasteiger partial charge in [-0.3, -0.25) is 0 Å². The van der Waals surface area contributed by atoms with Crippen LogP contribution in [-0.2, 0) is 0 Å². The highest BCUT2D eigenvalue weighted by Crippen LogP contribution is 2.52. The van der Waals surface area contributed by atoms with Crippen molar-refractivity contribution in [1.29, 1.82) is 0 Å². The fourth-order valence-corrected chi connectivity index (χ4v) is 4.80. The summed E-state index contributed by atoms with van der Waals surface area (Å²) in [6, 6.07) is 47.9. The fraction of sp³-hybridized carbons (Fsp3) is 0. The molecule has 0 aliphatic heterocycles. The number of benzene rings is 2. The van der Waals surface area contributed by atoms with Gasteiger partial charge in [0.15, 0.2) is 0 Å². The third kappa shape index (κ3) is 3.09. The van der Waals surface area contributed by atoms with Crippen LogP contribution in [-0.4, -0.2) is 0 Å². The molecule has 4 aliphatic carbocycles. The second-order valence-electron chi connectivity index (χ2n) is 8.16. The van der Waals surface area contributed by atoms with E-state index in [4.69, 9.17) is 0 Å². The molecular weight excluding hydrogens is 384 g/mol. The topological polar surface area (TPSA) is 0 Å². The van der Waals surface area contributed by atoms with E-state index in [2.05, 4.69) is 133 Å². The Labute approximate surface area is 189 Å². The Morgan fingerprint density at radius 1 is 0.250 bits per heavy atom. The SMILES string of the molecule is c1ccc(-c2cc3cccccc-3c2-c2c3cccccc-3cc2-c2ccccc2)cc1. The summed E-state index contributed by atoms with van der Waals surface area (Å²) in [7, 11) is 0. The smallest absolute Gasteiger partial charge is 0.00141 e. The van der Waals surface area contributed by atoms with Crippen LogP contribution in [0.2, 0.25) is 0 Å². The van der Waals surface area contributed by atoms with Gasteiger partial charge in [0.25, 0.3) is 0 Å². The van der Waals surface area contributed by atoms with Gasteiger partial charge >= 0.3 is 0 Å². The molecule has 2 aromatic carbocycles. The Kier molecular flexibility index (Phi) is 4.55. The second kappa shape index (κ2) is 7.83. The quantitative estimate of drug-likeness (QED) is 0.275. The second-order valence-corrected chi connectivity index (χ2v) is 8.16. The summed E-state index contributed by atoms with van der Waals surface area (Å²) in [5.74, 6) is 0. The Bertz CT molecular complexity index is 1330. The first-order valence-electron chi connectivity index (χ1n) is 11.0. The average Bonchev–Trinajstić information content (AvgIpc) is 3.15. The van der Waals surface area contributed by atoms with Gasteiger partial charge in [-0.2, -0.15) is 0 Å². The van der Waals surface area contributed by atoms with Gasteiger partial charge in [0.2, 0.25) is 0 Å². The van der Waals surface area contributed by atoms with E-state index in [0.717, 1.165) is 0 Å². The van der Waals surface area contributed by atoms with Gasteiger partial charge in [-0.1, -0.05) is 121 Å². The summed E-state index contributed by atoms with van der Waals surface area (Å²) in [5, 5.41) is 0. The predicted molar refractivity (Wildman–Crippen MR) is 136 cm³/mol. The normalized spacial score (nSPS) is 11.1. The largest absolute Gasteiger partial charge is 0.0622 e. The van der Waals surface area contributed by atoms with Gasteiger partial charge in [-0.05, 0) is 67.8 Å². The number of hydrogen-bond acceptors (Lipinski definition) is 0. The molecule has 0 heteroatoms. The van der Waals surface area contributed by atoms with Crippen molar-refractivity contribution in [1.82, 2.24) is 0 Å². The van der Waals surface area contributed by atoms with E-state index in [1.165, 1.54) is 55.6 Å². The highest BCUT2D eigenvalue weighted by Gasteiger charge is 2.25. The van der Waals surface area contributed by atoms with Crippen LogP contribution in [0.5, 0.6) is 0 Å². The van der Waals surface area contributed by atoms with Crippen LogP contribution in [0.3, 0.4) is 0 Å². The van der Waals surface area contributed by atoms with E-state index in [0.29, 0.717) is 0 Å². The molecule has 0 atom stereocenters. The lowest BCUT2D eigenvalue weighted by atomic mass is 9.91. The molecule has 0 bridgehead atoms. The molecule has 0 fully saturated rings. The fourth-order valence-electron chi connectivity index (χ4n) is 4.80. The lowest BCUT2D eigenvalue weighted by Crippen LogP contribution is -1.85. The van der Waals surface area contributed by atoms with Crippen molar-refractivity contribution in [3.8, 4) is 55.6 Å². The Morgan fingerprint density at radius 3 is 0.938 bits per heavy atom. The number of hydrogen-bond donors (Lipinski definition) is 0. The third-order valence-electron chi connectivity index (χ3n) is 6.24. The zero-order valence-corrected chi connectivity index (χ0v) is 17.7. The van der Waals surface area contributed by atoms with E-state index in [-0.39, 0.29) is 0 Å². The molecule has 0 amide bonds. The molecule has 0 saturated heterocycles. The van der Waals surface area contributed by atoms with Gasteiger partial charge in [0.05, 0.1) is 0 Å². The van der Waals surface area contributed by atoms with Gasteiger partial charge in [-0.25, -0.2) is 0 Å². The summed E-state index contributed by atoms with van der Waals surface area (Å²) in [5.41, 5.74) is 12.8. The molecule has 32 heavy (non-hydrogen) atoms. The van der Waals surface area contributed by atoms with Crippen LogP contribution < -0.4 is 0 Å². The predicted octanol–water partition coefficient (Wildman–Crippen LogP) is 8.90. The third-order valence-corrected chi connectivity index (χ3v) is 6.24. The Morgan fingerprint density at radius 2 is 0.562 bits per heavy atom. The van der Waals surface area contributed by atoms with E-state index < -0.39 is 0 Å². The maximum absolute atomic E-state index is 2.34. The van der Waals surface area contributed by atoms with Crippen LogP contribution in [0.15, 0.2) is 133 Å². The van der Waals surface area contributed by atoms with Gasteiger partial charge in [-0.15, -0.1) is 0 Å². The Hall–Kier alpha value is -4.16. The van der Waals surface area contributed by atoms with E-state index in [9.17, 15) is 0 Å². The minimum absolute atomic E-state index is 1.25. The lowest BCUT2D eigenvalue weighted by molar-refractivity contribution is 1.64. The van der Waals surface area contributed by atoms with E-state index in [1.807, 2.05) is 0 Å². The number of rotatable bonds is 3. The minimum Gasteiger partial charge on any atom is -0.0622 e. The monoisotopic (exact) mass is 406 g/mol. The van der Waals surface area contributed by atoms with Crippen molar-refractivity contribution < 1.29 is 0 Å². The van der Waals surface area contributed by atoms with Crippen molar-refractivity contribution in [2.45, 2.75) is 0 Å². The van der Waals surface area contributed by atoms with Crippen molar-refractivity contribution >= 4 is 0 Å². The van der Waals surface area contributed by atoms with Crippen LogP contribution >= 0.6 is 0 Å². The maximum Gasteiger partial charge on any atom is -0.00141 e. The van der Waals surface area contributed by atoms with E-state index >= 15 is 0 Å². The van der Waals surface area contributed by atoms with Gasteiger partial charge in [0, 0.05) is 0 Å². The molecule has 0 saturated carbocycles. The van der Waals surface area contributed by atoms with E-state index in [1.54, 1.807) is 0 Å². The van der Waals surface area contributed by atoms with Crippen LogP contribution in [0.1, 0.15) is 0 Å². The van der Waals surface area contributed by atoms with Crippen LogP contribution in [0.4, 0.5) is 0 Å².